The summed E-state index contributed by atoms with van der Waals surface area (Å²) >= 11 is 0. The fraction of sp³-hybridized carbons (Fsp3) is 0.917. The molecule has 0 aromatic heterocycles. The van der Waals surface area contributed by atoms with E-state index in [9.17, 15) is 4.79 Å². The van der Waals surface area contributed by atoms with Crippen molar-refractivity contribution in [3.05, 3.63) is 0 Å². The van der Waals surface area contributed by atoms with Crippen LogP contribution >= 0.6 is 0 Å². The number of amides is 1. The molecule has 1 fully saturated rings. The summed E-state index contributed by atoms with van der Waals surface area (Å²) in [5.74, 6) is 0.210. The number of hydrogen-bond acceptors (Lipinski definition) is 2. The SMILES string of the molecule is CN(C)C(=O)CN(C)C1CCCCCC1. The number of carbonyl (C=O) groups excluding carboxylic acids is 1. The van der Waals surface area contributed by atoms with Gasteiger partial charge in [0.05, 0.1) is 6.54 Å². The van der Waals surface area contributed by atoms with Crippen LogP contribution in [0, 0.1) is 0 Å². The molecule has 0 bridgehead atoms. The highest BCUT2D eigenvalue weighted by Gasteiger charge is 2.19. The highest BCUT2D eigenvalue weighted by atomic mass is 16.2. The minimum absolute atomic E-state index is 0.210. The molecule has 0 radical (unpaired) electrons. The van der Waals surface area contributed by atoms with E-state index in [1.54, 1.807) is 4.90 Å². The Labute approximate surface area is 93.4 Å². The van der Waals surface area contributed by atoms with Crippen LogP contribution in [-0.2, 0) is 4.79 Å². The molecule has 0 aromatic rings. The third-order valence-corrected chi connectivity index (χ3v) is 3.33. The van der Waals surface area contributed by atoms with Crippen LogP contribution in [0.3, 0.4) is 0 Å². The van der Waals surface area contributed by atoms with Gasteiger partial charge >= 0.3 is 0 Å². The molecule has 3 heteroatoms. The summed E-state index contributed by atoms with van der Waals surface area (Å²) < 4.78 is 0. The van der Waals surface area contributed by atoms with Crippen molar-refractivity contribution in [3.8, 4) is 0 Å². The van der Waals surface area contributed by atoms with Crippen molar-refractivity contribution in [2.75, 3.05) is 27.7 Å². The normalized spacial score (nSPS) is 18.9. The molecule has 0 spiro atoms. The van der Waals surface area contributed by atoms with Crippen LogP contribution < -0.4 is 0 Å². The van der Waals surface area contributed by atoms with E-state index in [4.69, 9.17) is 0 Å². The number of nitrogens with zero attached hydrogens (tertiary/aromatic N) is 2. The van der Waals surface area contributed by atoms with Gasteiger partial charge in [-0.2, -0.15) is 0 Å². The van der Waals surface area contributed by atoms with E-state index in [2.05, 4.69) is 11.9 Å². The van der Waals surface area contributed by atoms with E-state index in [0.29, 0.717) is 12.6 Å². The molecular formula is C12H24N2O. The summed E-state index contributed by atoms with van der Waals surface area (Å²) in [5, 5.41) is 0. The van der Waals surface area contributed by atoms with Gasteiger partial charge < -0.3 is 4.90 Å². The molecule has 0 aliphatic heterocycles. The molecule has 1 amide bonds. The van der Waals surface area contributed by atoms with Crippen molar-refractivity contribution in [3.63, 3.8) is 0 Å². The van der Waals surface area contributed by atoms with Crippen molar-refractivity contribution in [1.29, 1.82) is 0 Å². The van der Waals surface area contributed by atoms with Gasteiger partial charge in [0.2, 0.25) is 5.91 Å². The van der Waals surface area contributed by atoms with Gasteiger partial charge in [0.15, 0.2) is 0 Å². The Balaban J connectivity index is 2.37. The predicted molar refractivity (Wildman–Crippen MR) is 62.8 cm³/mol. The Morgan fingerprint density at radius 2 is 1.60 bits per heavy atom. The number of likely N-dealkylation sites (N-methyl/N-ethyl adjacent to an activating group) is 2. The molecule has 15 heavy (non-hydrogen) atoms. The Morgan fingerprint density at radius 3 is 2.07 bits per heavy atom. The first-order chi connectivity index (χ1) is 7.11. The largest absolute Gasteiger partial charge is 0.348 e. The standard InChI is InChI=1S/C12H24N2O/c1-13(2)12(15)10-14(3)11-8-6-4-5-7-9-11/h11H,4-10H2,1-3H3. The molecular weight excluding hydrogens is 188 g/mol. The molecule has 0 heterocycles. The average molecular weight is 212 g/mol. The molecule has 1 saturated carbocycles. The molecule has 1 rings (SSSR count). The van der Waals surface area contributed by atoms with E-state index >= 15 is 0 Å². The second-order valence-corrected chi connectivity index (χ2v) is 4.85. The zero-order valence-corrected chi connectivity index (χ0v) is 10.3. The Morgan fingerprint density at radius 1 is 1.07 bits per heavy atom. The molecule has 0 saturated heterocycles. The Kier molecular flexibility index (Phi) is 5.09. The van der Waals surface area contributed by atoms with Gasteiger partial charge in [-0.3, -0.25) is 9.69 Å². The third kappa shape index (κ3) is 4.20. The summed E-state index contributed by atoms with van der Waals surface area (Å²) in [6, 6.07) is 0.622. The van der Waals surface area contributed by atoms with Crippen LogP contribution in [-0.4, -0.2) is 49.4 Å². The van der Waals surface area contributed by atoms with Crippen LogP contribution in [0.4, 0.5) is 0 Å². The topological polar surface area (TPSA) is 23.6 Å². The first kappa shape index (κ1) is 12.5. The maximum absolute atomic E-state index is 11.6. The van der Waals surface area contributed by atoms with Crippen molar-refractivity contribution in [1.82, 2.24) is 9.80 Å². The second kappa shape index (κ2) is 6.11. The van der Waals surface area contributed by atoms with Crippen LogP contribution in [0.1, 0.15) is 38.5 Å². The van der Waals surface area contributed by atoms with Crippen LogP contribution in [0.2, 0.25) is 0 Å². The van der Waals surface area contributed by atoms with E-state index in [1.165, 1.54) is 38.5 Å². The van der Waals surface area contributed by atoms with Crippen molar-refractivity contribution in [2.45, 2.75) is 44.6 Å². The average Bonchev–Trinajstić information content (AvgIpc) is 2.45. The molecule has 1 aliphatic carbocycles. The molecule has 0 aromatic carbocycles. The second-order valence-electron chi connectivity index (χ2n) is 4.85. The zero-order chi connectivity index (χ0) is 11.3. The third-order valence-electron chi connectivity index (χ3n) is 3.33. The van der Waals surface area contributed by atoms with Crippen molar-refractivity contribution in [2.24, 2.45) is 0 Å². The highest BCUT2D eigenvalue weighted by Crippen LogP contribution is 2.20. The highest BCUT2D eigenvalue weighted by molar-refractivity contribution is 5.77. The maximum Gasteiger partial charge on any atom is 0.236 e. The predicted octanol–water partition coefficient (Wildman–Crippen LogP) is 1.73. The van der Waals surface area contributed by atoms with Crippen molar-refractivity contribution < 1.29 is 4.79 Å². The number of rotatable bonds is 3. The lowest BCUT2D eigenvalue weighted by Gasteiger charge is -2.27. The minimum Gasteiger partial charge on any atom is -0.348 e. The molecule has 0 atom stereocenters. The summed E-state index contributed by atoms with van der Waals surface area (Å²) in [4.78, 5) is 15.5. The maximum atomic E-state index is 11.6. The Hall–Kier alpha value is -0.570. The van der Waals surface area contributed by atoms with E-state index in [-0.39, 0.29) is 5.91 Å². The fourth-order valence-corrected chi connectivity index (χ4v) is 2.18. The van der Waals surface area contributed by atoms with Crippen LogP contribution in [0.5, 0.6) is 0 Å². The summed E-state index contributed by atoms with van der Waals surface area (Å²) in [6.07, 6.45) is 7.91. The van der Waals surface area contributed by atoms with Gasteiger partial charge in [-0.1, -0.05) is 25.7 Å². The minimum atomic E-state index is 0.210. The van der Waals surface area contributed by atoms with E-state index < -0.39 is 0 Å². The van der Waals surface area contributed by atoms with Crippen LogP contribution in [0.25, 0.3) is 0 Å². The monoisotopic (exact) mass is 212 g/mol. The Bertz CT molecular complexity index is 196. The van der Waals surface area contributed by atoms with Gasteiger partial charge in [0.25, 0.3) is 0 Å². The lowest BCUT2D eigenvalue weighted by atomic mass is 10.1. The summed E-state index contributed by atoms with van der Waals surface area (Å²) in [7, 11) is 5.73. The van der Waals surface area contributed by atoms with Crippen molar-refractivity contribution >= 4 is 5.91 Å². The molecule has 0 N–H and O–H groups in total. The first-order valence-electron chi connectivity index (χ1n) is 6.01. The zero-order valence-electron chi connectivity index (χ0n) is 10.3. The van der Waals surface area contributed by atoms with Gasteiger partial charge in [0, 0.05) is 20.1 Å². The van der Waals surface area contributed by atoms with Gasteiger partial charge in [-0.15, -0.1) is 0 Å². The number of carbonyl (C=O) groups is 1. The summed E-state index contributed by atoms with van der Waals surface area (Å²) in [5.41, 5.74) is 0. The van der Waals surface area contributed by atoms with Crippen LogP contribution in [0.15, 0.2) is 0 Å². The number of hydrogen-bond donors (Lipinski definition) is 0. The quantitative estimate of drug-likeness (QED) is 0.665. The van der Waals surface area contributed by atoms with E-state index in [0.717, 1.165) is 0 Å². The van der Waals surface area contributed by atoms with Gasteiger partial charge in [-0.25, -0.2) is 0 Å². The first-order valence-corrected chi connectivity index (χ1v) is 6.01. The fourth-order valence-electron chi connectivity index (χ4n) is 2.18. The van der Waals surface area contributed by atoms with Gasteiger partial charge in [0.1, 0.15) is 0 Å². The molecule has 88 valence electrons. The lowest BCUT2D eigenvalue weighted by molar-refractivity contribution is -0.130. The lowest BCUT2D eigenvalue weighted by Crippen LogP contribution is -2.40. The molecule has 1 aliphatic rings. The molecule has 0 unspecified atom stereocenters. The smallest absolute Gasteiger partial charge is 0.236 e. The van der Waals surface area contributed by atoms with E-state index in [1.807, 2.05) is 14.1 Å². The summed E-state index contributed by atoms with van der Waals surface area (Å²) in [6.45, 7) is 0.567. The van der Waals surface area contributed by atoms with Gasteiger partial charge in [-0.05, 0) is 19.9 Å². The molecule has 3 nitrogen and oxygen atoms in total.